The Morgan fingerprint density at radius 1 is 1.08 bits per heavy atom. The fraction of sp³-hybridized carbons (Fsp3) is 0.310. The highest BCUT2D eigenvalue weighted by atomic mass is 32.1. The molecule has 6 nitrogen and oxygen atoms in total. The Morgan fingerprint density at radius 2 is 1.89 bits per heavy atom. The third-order valence-corrected chi connectivity index (χ3v) is 8.10. The Kier molecular flexibility index (Phi) is 6.83. The zero-order valence-corrected chi connectivity index (χ0v) is 21.7. The molecular weight excluding hydrogens is 470 g/mol. The molecule has 1 aliphatic heterocycles. The van der Waals surface area contributed by atoms with Crippen molar-refractivity contribution in [3.05, 3.63) is 59.5 Å². The van der Waals surface area contributed by atoms with Gasteiger partial charge in [0, 0.05) is 34.7 Å². The van der Waals surface area contributed by atoms with Crippen molar-refractivity contribution >= 4 is 33.1 Å². The van der Waals surface area contributed by atoms with E-state index in [0.717, 1.165) is 64.8 Å². The summed E-state index contributed by atoms with van der Waals surface area (Å²) in [5, 5.41) is 0.777. The normalized spacial score (nSPS) is 15.8. The molecule has 5 rings (SSSR count). The van der Waals surface area contributed by atoms with Gasteiger partial charge in [-0.25, -0.2) is 4.98 Å². The monoisotopic (exact) mass is 501 g/mol. The fourth-order valence-corrected chi connectivity index (χ4v) is 6.25. The smallest absolute Gasteiger partial charge is 0.266 e. The van der Waals surface area contributed by atoms with E-state index in [-0.39, 0.29) is 11.9 Å². The lowest BCUT2D eigenvalue weighted by Gasteiger charge is -2.35. The lowest BCUT2D eigenvalue weighted by Crippen LogP contribution is -2.43. The third-order valence-electron chi connectivity index (χ3n) is 7.02. The first-order valence-corrected chi connectivity index (χ1v) is 13.2. The predicted octanol–water partition coefficient (Wildman–Crippen LogP) is 6.63. The number of carbonyl (C=O) groups excluding carboxylic acids is 1. The number of methoxy groups -OCH3 is 2. The van der Waals surface area contributed by atoms with Gasteiger partial charge in [0.2, 0.25) is 0 Å². The summed E-state index contributed by atoms with van der Waals surface area (Å²) < 4.78 is 11.3. The number of carbonyl (C=O) groups is 1. The van der Waals surface area contributed by atoms with Crippen LogP contribution in [0.1, 0.15) is 42.3 Å². The van der Waals surface area contributed by atoms with Crippen LogP contribution in [0.3, 0.4) is 0 Å². The topological polar surface area (TPSA) is 77.7 Å². The summed E-state index contributed by atoms with van der Waals surface area (Å²) in [4.78, 5) is 22.1. The maximum Gasteiger partial charge on any atom is 0.266 e. The summed E-state index contributed by atoms with van der Waals surface area (Å²) in [5.74, 6) is 1.25. The van der Waals surface area contributed by atoms with Gasteiger partial charge in [0.05, 0.1) is 25.6 Å². The fourth-order valence-electron chi connectivity index (χ4n) is 5.17. The maximum atomic E-state index is 13.8. The second-order valence-corrected chi connectivity index (χ2v) is 10.0. The minimum Gasteiger partial charge on any atom is -0.493 e. The number of amides is 1. The number of thiophene rings is 1. The molecule has 36 heavy (non-hydrogen) atoms. The number of nitrogens with zero attached hydrogens (tertiary/aromatic N) is 2. The van der Waals surface area contributed by atoms with Crippen LogP contribution in [0.5, 0.6) is 11.5 Å². The van der Waals surface area contributed by atoms with E-state index < -0.39 is 0 Å². The molecule has 1 fully saturated rings. The van der Waals surface area contributed by atoms with Gasteiger partial charge in [-0.15, -0.1) is 11.3 Å². The summed E-state index contributed by atoms with van der Waals surface area (Å²) >= 11 is 1.38. The molecule has 1 aliphatic rings. The van der Waals surface area contributed by atoms with Crippen LogP contribution >= 0.6 is 11.3 Å². The molecule has 1 unspecified atom stereocenters. The first kappa shape index (κ1) is 24.1. The number of fused-ring (bicyclic) bond motifs is 1. The van der Waals surface area contributed by atoms with Gasteiger partial charge in [0.15, 0.2) is 11.5 Å². The number of hydrogen-bond donors (Lipinski definition) is 1. The quantitative estimate of drug-likeness (QED) is 0.321. The summed E-state index contributed by atoms with van der Waals surface area (Å²) in [5.41, 5.74) is 10.8. The molecule has 1 amide bonds. The molecule has 0 bridgehead atoms. The van der Waals surface area contributed by atoms with E-state index in [4.69, 9.17) is 20.2 Å². The van der Waals surface area contributed by atoms with Crippen LogP contribution in [0.15, 0.2) is 54.6 Å². The van der Waals surface area contributed by atoms with Crippen molar-refractivity contribution in [1.29, 1.82) is 0 Å². The van der Waals surface area contributed by atoms with Crippen LogP contribution in [0.25, 0.3) is 32.6 Å². The summed E-state index contributed by atoms with van der Waals surface area (Å²) in [7, 11) is 3.25. The second kappa shape index (κ2) is 10.2. The molecule has 0 spiro atoms. The SMILES string of the molecule is CCC1CCCCN1C(=O)c1sc2nc(-c3ccccc3)cc(-c3cccc(OC)c3OC)c2c1N. The Hall–Kier alpha value is -3.58. The van der Waals surface area contributed by atoms with Gasteiger partial charge in [-0.3, -0.25) is 4.79 Å². The zero-order valence-electron chi connectivity index (χ0n) is 20.9. The van der Waals surface area contributed by atoms with Crippen LogP contribution in [0.4, 0.5) is 5.69 Å². The Bertz CT molecular complexity index is 1400. The number of hydrogen-bond acceptors (Lipinski definition) is 6. The van der Waals surface area contributed by atoms with Crippen molar-refractivity contribution in [1.82, 2.24) is 9.88 Å². The number of benzene rings is 2. The predicted molar refractivity (Wildman–Crippen MR) is 147 cm³/mol. The Labute approximate surface area is 215 Å². The van der Waals surface area contributed by atoms with Crippen molar-refractivity contribution in [3.63, 3.8) is 0 Å². The van der Waals surface area contributed by atoms with Crippen molar-refractivity contribution in [2.75, 3.05) is 26.5 Å². The molecule has 186 valence electrons. The van der Waals surface area contributed by atoms with Gasteiger partial charge in [-0.05, 0) is 37.8 Å². The number of anilines is 1. The molecule has 4 aromatic rings. The number of ether oxygens (including phenoxy) is 2. The number of nitrogen functional groups attached to an aromatic ring is 1. The standard InChI is InChI=1S/C29H31N3O3S/c1-4-19-13-8-9-16-32(19)29(33)27-25(30)24-21(20-14-10-15-23(34-2)26(20)35-3)17-22(31-28(24)36-27)18-11-6-5-7-12-18/h5-7,10-12,14-15,17,19H,4,8-9,13,16,30H2,1-3H3. The molecular formula is C29H31N3O3S. The maximum absolute atomic E-state index is 13.8. The summed E-state index contributed by atoms with van der Waals surface area (Å²) in [6, 6.07) is 18.1. The van der Waals surface area contributed by atoms with E-state index in [9.17, 15) is 4.79 Å². The molecule has 1 atom stereocenters. The van der Waals surface area contributed by atoms with Gasteiger partial charge >= 0.3 is 0 Å². The number of nitrogens with two attached hydrogens (primary N) is 1. The molecule has 2 N–H and O–H groups in total. The van der Waals surface area contributed by atoms with Gasteiger partial charge in [-0.2, -0.15) is 0 Å². The molecule has 0 radical (unpaired) electrons. The van der Waals surface area contributed by atoms with E-state index in [0.29, 0.717) is 22.1 Å². The number of para-hydroxylation sites is 1. The van der Waals surface area contributed by atoms with Crippen molar-refractivity contribution in [3.8, 4) is 33.9 Å². The van der Waals surface area contributed by atoms with Crippen molar-refractivity contribution < 1.29 is 14.3 Å². The van der Waals surface area contributed by atoms with Crippen LogP contribution < -0.4 is 15.2 Å². The van der Waals surface area contributed by atoms with Gasteiger partial charge < -0.3 is 20.1 Å². The molecule has 2 aromatic carbocycles. The van der Waals surface area contributed by atoms with Gasteiger partial charge in [0.1, 0.15) is 9.71 Å². The lowest BCUT2D eigenvalue weighted by atomic mass is 9.97. The molecule has 3 heterocycles. The highest BCUT2D eigenvalue weighted by Gasteiger charge is 2.30. The number of likely N-dealkylation sites (tertiary alicyclic amines) is 1. The molecule has 7 heteroatoms. The van der Waals surface area contributed by atoms with E-state index in [1.165, 1.54) is 11.3 Å². The largest absolute Gasteiger partial charge is 0.493 e. The summed E-state index contributed by atoms with van der Waals surface area (Å²) in [6.07, 6.45) is 4.16. The van der Waals surface area contributed by atoms with Crippen LogP contribution in [-0.2, 0) is 0 Å². The number of rotatable bonds is 6. The van der Waals surface area contributed by atoms with E-state index >= 15 is 0 Å². The lowest BCUT2D eigenvalue weighted by molar-refractivity contribution is 0.0614. The van der Waals surface area contributed by atoms with Gasteiger partial charge in [-0.1, -0.05) is 49.4 Å². The zero-order chi connectivity index (χ0) is 25.2. The highest BCUT2D eigenvalue weighted by molar-refractivity contribution is 7.21. The Morgan fingerprint density at radius 3 is 2.61 bits per heavy atom. The third kappa shape index (κ3) is 4.17. The second-order valence-electron chi connectivity index (χ2n) is 9.04. The van der Waals surface area contributed by atoms with Crippen molar-refractivity contribution in [2.24, 2.45) is 0 Å². The van der Waals surface area contributed by atoms with E-state index in [1.807, 2.05) is 59.5 Å². The highest BCUT2D eigenvalue weighted by Crippen LogP contribution is 2.46. The first-order chi connectivity index (χ1) is 17.6. The number of pyridine rings is 1. The van der Waals surface area contributed by atoms with E-state index in [1.54, 1.807) is 14.2 Å². The van der Waals surface area contributed by atoms with Crippen LogP contribution in [-0.4, -0.2) is 42.6 Å². The van der Waals surface area contributed by atoms with E-state index in [2.05, 4.69) is 6.92 Å². The molecule has 2 aromatic heterocycles. The molecule has 0 saturated carbocycles. The minimum absolute atomic E-state index is 0.00636. The average Bonchev–Trinajstić information content (AvgIpc) is 3.28. The average molecular weight is 502 g/mol. The van der Waals surface area contributed by atoms with Crippen LogP contribution in [0.2, 0.25) is 0 Å². The minimum atomic E-state index is 0.00636. The van der Waals surface area contributed by atoms with Crippen LogP contribution in [0, 0.1) is 0 Å². The molecule has 0 aliphatic carbocycles. The van der Waals surface area contributed by atoms with Crippen molar-refractivity contribution in [2.45, 2.75) is 38.6 Å². The Balaban J connectivity index is 1.75. The van der Waals surface area contributed by atoms with Gasteiger partial charge in [0.25, 0.3) is 5.91 Å². The summed E-state index contributed by atoms with van der Waals surface area (Å²) in [6.45, 7) is 2.91. The number of aromatic nitrogens is 1. The first-order valence-electron chi connectivity index (χ1n) is 12.4. The molecule has 1 saturated heterocycles. The number of piperidine rings is 1.